The summed E-state index contributed by atoms with van der Waals surface area (Å²) in [6, 6.07) is 7.94. The van der Waals surface area contributed by atoms with E-state index >= 15 is 0 Å². The topological polar surface area (TPSA) is 27.1 Å². The third kappa shape index (κ3) is 2.63. The second kappa shape index (κ2) is 5.35. The summed E-state index contributed by atoms with van der Waals surface area (Å²) >= 11 is 0. The van der Waals surface area contributed by atoms with Crippen molar-refractivity contribution in [2.24, 2.45) is 0 Å². The van der Waals surface area contributed by atoms with E-state index in [0.717, 1.165) is 30.9 Å². The standard InChI is InChI=1S/C13H15N2O/c1-2-3-10-16-13-6-4-12(5-7-13)15-9-8-14-11-15/h4-9H,2-3,10H2,1H3. The number of ether oxygens (including phenoxy) is 1. The Kier molecular flexibility index (Phi) is 3.59. The fraction of sp³-hybridized carbons (Fsp3) is 0.308. The van der Waals surface area contributed by atoms with E-state index < -0.39 is 0 Å². The molecule has 0 atom stereocenters. The summed E-state index contributed by atoms with van der Waals surface area (Å²) in [5.74, 6) is 0.914. The van der Waals surface area contributed by atoms with Gasteiger partial charge in [-0.25, -0.2) is 4.98 Å². The normalized spacial score (nSPS) is 10.3. The average Bonchev–Trinajstić information content (AvgIpc) is 2.84. The van der Waals surface area contributed by atoms with Gasteiger partial charge in [-0.1, -0.05) is 13.3 Å². The molecule has 1 radical (unpaired) electrons. The van der Waals surface area contributed by atoms with Gasteiger partial charge in [0, 0.05) is 18.1 Å². The van der Waals surface area contributed by atoms with E-state index in [9.17, 15) is 0 Å². The molecule has 0 fully saturated rings. The molecule has 1 aromatic carbocycles. The fourth-order valence-electron chi connectivity index (χ4n) is 1.41. The Bertz CT molecular complexity index is 406. The zero-order valence-corrected chi connectivity index (χ0v) is 9.39. The minimum atomic E-state index is 0.785. The zero-order chi connectivity index (χ0) is 11.2. The first-order valence-corrected chi connectivity index (χ1v) is 5.54. The van der Waals surface area contributed by atoms with Crippen LogP contribution in [0.15, 0.2) is 36.7 Å². The number of hydrogen-bond donors (Lipinski definition) is 0. The van der Waals surface area contributed by atoms with Crippen LogP contribution in [-0.4, -0.2) is 16.2 Å². The van der Waals surface area contributed by atoms with Crippen LogP contribution in [0.2, 0.25) is 0 Å². The van der Waals surface area contributed by atoms with Gasteiger partial charge in [0.25, 0.3) is 0 Å². The second-order valence-corrected chi connectivity index (χ2v) is 3.59. The lowest BCUT2D eigenvalue weighted by atomic mass is 10.3. The molecule has 0 aliphatic rings. The number of benzene rings is 1. The lowest BCUT2D eigenvalue weighted by Crippen LogP contribution is -1.97. The Morgan fingerprint density at radius 1 is 1.31 bits per heavy atom. The molecule has 0 saturated carbocycles. The Morgan fingerprint density at radius 2 is 2.12 bits per heavy atom. The maximum absolute atomic E-state index is 5.58. The van der Waals surface area contributed by atoms with E-state index in [1.165, 1.54) is 0 Å². The van der Waals surface area contributed by atoms with Crippen molar-refractivity contribution >= 4 is 0 Å². The molecule has 0 saturated heterocycles. The molecule has 0 amide bonds. The zero-order valence-electron chi connectivity index (χ0n) is 9.39. The third-order valence-corrected chi connectivity index (χ3v) is 2.34. The van der Waals surface area contributed by atoms with E-state index in [2.05, 4.69) is 18.2 Å². The van der Waals surface area contributed by atoms with Crippen LogP contribution in [-0.2, 0) is 0 Å². The summed E-state index contributed by atoms with van der Waals surface area (Å²) < 4.78 is 7.43. The molecule has 0 spiro atoms. The summed E-state index contributed by atoms with van der Waals surface area (Å²) in [7, 11) is 0. The number of hydrogen-bond acceptors (Lipinski definition) is 2. The van der Waals surface area contributed by atoms with Gasteiger partial charge < -0.3 is 4.74 Å². The van der Waals surface area contributed by atoms with Gasteiger partial charge in [-0.2, -0.15) is 0 Å². The van der Waals surface area contributed by atoms with Crippen LogP contribution in [0.5, 0.6) is 5.75 Å². The van der Waals surface area contributed by atoms with Gasteiger partial charge in [0.15, 0.2) is 6.33 Å². The molecule has 0 bridgehead atoms. The summed E-state index contributed by atoms with van der Waals surface area (Å²) in [5, 5.41) is 0. The maximum atomic E-state index is 5.58. The smallest absolute Gasteiger partial charge is 0.181 e. The van der Waals surface area contributed by atoms with Crippen LogP contribution in [0.3, 0.4) is 0 Å². The van der Waals surface area contributed by atoms with E-state index in [1.54, 1.807) is 6.20 Å². The van der Waals surface area contributed by atoms with Crippen molar-refractivity contribution in [3.8, 4) is 11.4 Å². The van der Waals surface area contributed by atoms with Crippen molar-refractivity contribution in [1.29, 1.82) is 0 Å². The first kappa shape index (κ1) is 10.7. The molecule has 3 nitrogen and oxygen atoms in total. The van der Waals surface area contributed by atoms with Crippen LogP contribution in [0.4, 0.5) is 0 Å². The van der Waals surface area contributed by atoms with E-state index in [-0.39, 0.29) is 0 Å². The molecule has 0 aliphatic carbocycles. The number of nitrogens with zero attached hydrogens (tertiary/aromatic N) is 2. The summed E-state index contributed by atoms with van der Waals surface area (Å²) in [6.07, 6.45) is 8.68. The molecule has 1 heterocycles. The molecule has 0 unspecified atom stereocenters. The SMILES string of the molecule is CCCCOc1ccc(-n2[c]ncc2)cc1. The van der Waals surface area contributed by atoms with Gasteiger partial charge in [0.2, 0.25) is 0 Å². The van der Waals surface area contributed by atoms with Crippen LogP contribution in [0.1, 0.15) is 19.8 Å². The summed E-state index contributed by atoms with van der Waals surface area (Å²) in [5.41, 5.74) is 1.04. The van der Waals surface area contributed by atoms with Gasteiger partial charge in [0.1, 0.15) is 5.75 Å². The van der Waals surface area contributed by atoms with Crippen molar-refractivity contribution in [1.82, 2.24) is 9.55 Å². The van der Waals surface area contributed by atoms with E-state index in [0.29, 0.717) is 0 Å². The molecule has 0 N–H and O–H groups in total. The van der Waals surface area contributed by atoms with Crippen molar-refractivity contribution < 1.29 is 4.74 Å². The predicted molar refractivity (Wildman–Crippen MR) is 62.8 cm³/mol. The largest absolute Gasteiger partial charge is 0.494 e. The van der Waals surface area contributed by atoms with E-state index in [1.807, 2.05) is 35.0 Å². The molecular weight excluding hydrogens is 200 g/mol. The first-order chi connectivity index (χ1) is 7.90. The third-order valence-electron chi connectivity index (χ3n) is 2.34. The highest BCUT2D eigenvalue weighted by Gasteiger charge is 1.97. The number of imidazole rings is 1. The van der Waals surface area contributed by atoms with Crippen LogP contribution >= 0.6 is 0 Å². The van der Waals surface area contributed by atoms with Gasteiger partial charge in [-0.05, 0) is 30.7 Å². The summed E-state index contributed by atoms with van der Waals surface area (Å²) in [6.45, 7) is 2.94. The maximum Gasteiger partial charge on any atom is 0.181 e. The Morgan fingerprint density at radius 3 is 2.75 bits per heavy atom. The van der Waals surface area contributed by atoms with E-state index in [4.69, 9.17) is 4.74 Å². The summed E-state index contributed by atoms with van der Waals surface area (Å²) in [4.78, 5) is 3.89. The minimum absolute atomic E-state index is 0.785. The molecular formula is C13H15N2O. The van der Waals surface area contributed by atoms with Crippen molar-refractivity contribution in [3.63, 3.8) is 0 Å². The monoisotopic (exact) mass is 215 g/mol. The number of unbranched alkanes of at least 4 members (excludes halogenated alkanes) is 1. The number of rotatable bonds is 5. The van der Waals surface area contributed by atoms with Gasteiger partial charge in [-0.3, -0.25) is 4.57 Å². The Balaban J connectivity index is 2.00. The first-order valence-electron chi connectivity index (χ1n) is 5.54. The number of aromatic nitrogens is 2. The molecule has 3 heteroatoms. The van der Waals surface area contributed by atoms with Gasteiger partial charge >= 0.3 is 0 Å². The van der Waals surface area contributed by atoms with Gasteiger partial charge in [0.05, 0.1) is 6.61 Å². The van der Waals surface area contributed by atoms with Crippen molar-refractivity contribution in [2.75, 3.05) is 6.61 Å². The quantitative estimate of drug-likeness (QED) is 0.717. The van der Waals surface area contributed by atoms with Crippen LogP contribution in [0, 0.1) is 6.33 Å². The van der Waals surface area contributed by atoms with Crippen LogP contribution < -0.4 is 4.74 Å². The highest BCUT2D eigenvalue weighted by atomic mass is 16.5. The van der Waals surface area contributed by atoms with Crippen molar-refractivity contribution in [3.05, 3.63) is 43.0 Å². The lowest BCUT2D eigenvalue weighted by molar-refractivity contribution is 0.309. The Hall–Kier alpha value is -1.77. The minimum Gasteiger partial charge on any atom is -0.494 e. The Labute approximate surface area is 95.7 Å². The fourth-order valence-corrected chi connectivity index (χ4v) is 1.41. The predicted octanol–water partition coefficient (Wildman–Crippen LogP) is 2.85. The highest BCUT2D eigenvalue weighted by molar-refractivity contribution is 5.37. The van der Waals surface area contributed by atoms with Crippen molar-refractivity contribution in [2.45, 2.75) is 19.8 Å². The molecule has 83 valence electrons. The average molecular weight is 215 g/mol. The molecule has 16 heavy (non-hydrogen) atoms. The highest BCUT2D eigenvalue weighted by Crippen LogP contribution is 2.15. The molecule has 0 aliphatic heterocycles. The lowest BCUT2D eigenvalue weighted by Gasteiger charge is -2.06. The molecule has 2 aromatic rings. The van der Waals surface area contributed by atoms with Crippen LogP contribution in [0.25, 0.3) is 5.69 Å². The molecule has 1 aromatic heterocycles. The molecule has 2 rings (SSSR count). The van der Waals surface area contributed by atoms with Gasteiger partial charge in [-0.15, -0.1) is 0 Å². The second-order valence-electron chi connectivity index (χ2n) is 3.59.